The number of rotatable bonds is 2. The number of hydrogen-bond acceptors (Lipinski definition) is 3. The highest BCUT2D eigenvalue weighted by molar-refractivity contribution is 5.82. The van der Waals surface area contributed by atoms with E-state index in [-0.39, 0.29) is 0 Å². The Balaban J connectivity index is 2.10. The summed E-state index contributed by atoms with van der Waals surface area (Å²) < 4.78 is 5.23. The van der Waals surface area contributed by atoms with Gasteiger partial charge < -0.3 is 4.74 Å². The predicted molar refractivity (Wildman–Crippen MR) is 81.0 cm³/mol. The molecule has 0 N–H and O–H groups in total. The quantitative estimate of drug-likeness (QED) is 0.703. The van der Waals surface area contributed by atoms with Crippen molar-refractivity contribution in [1.82, 2.24) is 9.97 Å². The Hall–Kier alpha value is -2.42. The molecule has 3 aromatic rings. The molecule has 0 saturated heterocycles. The molecule has 0 spiro atoms. The van der Waals surface area contributed by atoms with Gasteiger partial charge in [0.25, 0.3) is 0 Å². The topological polar surface area (TPSA) is 35.0 Å². The average molecular weight is 264 g/mol. The van der Waals surface area contributed by atoms with Gasteiger partial charge in [0.05, 0.1) is 24.0 Å². The number of benzene rings is 1. The van der Waals surface area contributed by atoms with E-state index in [1.54, 1.807) is 7.11 Å². The van der Waals surface area contributed by atoms with Crippen LogP contribution in [0.3, 0.4) is 0 Å². The molecule has 0 saturated carbocycles. The van der Waals surface area contributed by atoms with E-state index in [1.807, 2.05) is 37.3 Å². The van der Waals surface area contributed by atoms with Gasteiger partial charge in [-0.1, -0.05) is 12.1 Å². The van der Waals surface area contributed by atoms with Gasteiger partial charge in [0.15, 0.2) is 0 Å². The van der Waals surface area contributed by atoms with Crippen LogP contribution >= 0.6 is 0 Å². The van der Waals surface area contributed by atoms with Gasteiger partial charge in [-0.3, -0.25) is 4.98 Å². The average Bonchev–Trinajstić information content (AvgIpc) is 2.49. The number of ether oxygens (including phenoxy) is 1. The summed E-state index contributed by atoms with van der Waals surface area (Å²) in [4.78, 5) is 9.27. The van der Waals surface area contributed by atoms with Crippen molar-refractivity contribution in [3.8, 4) is 17.1 Å². The third kappa shape index (κ3) is 2.23. The number of aromatic nitrogens is 2. The summed E-state index contributed by atoms with van der Waals surface area (Å²) in [5, 5.41) is 1.07. The van der Waals surface area contributed by atoms with Crippen LogP contribution in [0.5, 0.6) is 5.75 Å². The summed E-state index contributed by atoms with van der Waals surface area (Å²) in [7, 11) is 1.67. The normalized spacial score (nSPS) is 10.8. The van der Waals surface area contributed by atoms with Crippen molar-refractivity contribution in [2.45, 2.75) is 13.8 Å². The maximum Gasteiger partial charge on any atom is 0.119 e. The summed E-state index contributed by atoms with van der Waals surface area (Å²) in [6.07, 6.45) is 0. The number of nitrogens with zero attached hydrogens (tertiary/aromatic N) is 2. The van der Waals surface area contributed by atoms with Crippen LogP contribution in [-0.2, 0) is 0 Å². The van der Waals surface area contributed by atoms with Gasteiger partial charge in [-0.25, -0.2) is 4.98 Å². The Kier molecular flexibility index (Phi) is 3.11. The molecule has 0 atom stereocenters. The van der Waals surface area contributed by atoms with Crippen LogP contribution in [0.4, 0.5) is 0 Å². The van der Waals surface area contributed by atoms with Crippen molar-refractivity contribution in [3.63, 3.8) is 0 Å². The number of hydrogen-bond donors (Lipinski definition) is 0. The maximum atomic E-state index is 5.23. The van der Waals surface area contributed by atoms with Gasteiger partial charge >= 0.3 is 0 Å². The summed E-state index contributed by atoms with van der Waals surface area (Å²) >= 11 is 0. The highest BCUT2D eigenvalue weighted by Gasteiger charge is 2.05. The van der Waals surface area contributed by atoms with Gasteiger partial charge in [-0.2, -0.15) is 0 Å². The van der Waals surface area contributed by atoms with Gasteiger partial charge in [0.2, 0.25) is 0 Å². The van der Waals surface area contributed by atoms with Crippen LogP contribution in [0.1, 0.15) is 11.3 Å². The Morgan fingerprint density at radius 1 is 0.850 bits per heavy atom. The first kappa shape index (κ1) is 12.6. The second-order valence-electron chi connectivity index (χ2n) is 4.85. The monoisotopic (exact) mass is 264 g/mol. The van der Waals surface area contributed by atoms with Crippen molar-refractivity contribution in [3.05, 3.63) is 53.7 Å². The zero-order valence-electron chi connectivity index (χ0n) is 11.8. The maximum absolute atomic E-state index is 5.23. The first-order chi connectivity index (χ1) is 9.67. The van der Waals surface area contributed by atoms with Gasteiger partial charge in [-0.15, -0.1) is 0 Å². The SMILES string of the molecule is COc1ccc2nc(-c3ccc(C)c(C)n3)ccc2c1. The number of pyridine rings is 2. The Labute approximate surface area is 118 Å². The zero-order valence-corrected chi connectivity index (χ0v) is 11.8. The van der Waals surface area contributed by atoms with Crippen LogP contribution in [0.25, 0.3) is 22.3 Å². The lowest BCUT2D eigenvalue weighted by Gasteiger charge is -2.06. The fourth-order valence-corrected chi connectivity index (χ4v) is 2.15. The van der Waals surface area contributed by atoms with E-state index in [1.165, 1.54) is 5.56 Å². The molecule has 3 heteroatoms. The van der Waals surface area contributed by atoms with Crippen molar-refractivity contribution in [1.29, 1.82) is 0 Å². The minimum absolute atomic E-state index is 0.844. The van der Waals surface area contributed by atoms with Crippen LogP contribution in [0, 0.1) is 13.8 Å². The molecule has 20 heavy (non-hydrogen) atoms. The minimum Gasteiger partial charge on any atom is -0.497 e. The molecule has 0 fully saturated rings. The van der Waals surface area contributed by atoms with E-state index >= 15 is 0 Å². The second kappa shape index (κ2) is 4.93. The van der Waals surface area contributed by atoms with E-state index in [0.717, 1.165) is 33.7 Å². The number of aryl methyl sites for hydroxylation is 2. The first-order valence-corrected chi connectivity index (χ1v) is 6.57. The number of fused-ring (bicyclic) bond motifs is 1. The lowest BCUT2D eigenvalue weighted by Crippen LogP contribution is -1.93. The zero-order chi connectivity index (χ0) is 14.1. The molecule has 0 unspecified atom stereocenters. The fraction of sp³-hybridized carbons (Fsp3) is 0.176. The van der Waals surface area contributed by atoms with Crippen molar-refractivity contribution in [2.24, 2.45) is 0 Å². The minimum atomic E-state index is 0.844. The smallest absolute Gasteiger partial charge is 0.119 e. The molecule has 0 aliphatic carbocycles. The van der Waals surface area contributed by atoms with Crippen LogP contribution < -0.4 is 4.74 Å². The van der Waals surface area contributed by atoms with Gasteiger partial charge in [0, 0.05) is 11.1 Å². The van der Waals surface area contributed by atoms with Gasteiger partial charge in [-0.05, 0) is 49.7 Å². The van der Waals surface area contributed by atoms with Gasteiger partial charge in [0.1, 0.15) is 5.75 Å². The number of methoxy groups -OCH3 is 1. The van der Waals surface area contributed by atoms with E-state index in [4.69, 9.17) is 4.74 Å². The van der Waals surface area contributed by atoms with Crippen molar-refractivity contribution < 1.29 is 4.74 Å². The second-order valence-corrected chi connectivity index (χ2v) is 4.85. The van der Waals surface area contributed by atoms with Crippen LogP contribution in [0.15, 0.2) is 42.5 Å². The van der Waals surface area contributed by atoms with E-state index in [2.05, 4.69) is 29.0 Å². The molecule has 1 aromatic carbocycles. The van der Waals surface area contributed by atoms with Crippen LogP contribution in [-0.4, -0.2) is 17.1 Å². The summed E-state index contributed by atoms with van der Waals surface area (Å²) in [5.74, 6) is 0.844. The Morgan fingerprint density at radius 2 is 1.60 bits per heavy atom. The van der Waals surface area contributed by atoms with Crippen molar-refractivity contribution >= 4 is 10.9 Å². The Morgan fingerprint density at radius 3 is 2.35 bits per heavy atom. The highest BCUT2D eigenvalue weighted by atomic mass is 16.5. The molecular formula is C17H16N2O. The molecule has 0 aliphatic rings. The molecule has 3 nitrogen and oxygen atoms in total. The lowest BCUT2D eigenvalue weighted by atomic mass is 10.1. The summed E-state index contributed by atoms with van der Waals surface area (Å²) in [5.41, 5.74) is 4.98. The standard InChI is InChI=1S/C17H16N2O/c1-11-4-7-16(18-12(11)2)17-8-5-13-10-14(20-3)6-9-15(13)19-17/h4-10H,1-3H3. The fourth-order valence-electron chi connectivity index (χ4n) is 2.15. The molecule has 3 rings (SSSR count). The third-order valence-corrected chi connectivity index (χ3v) is 3.51. The molecular weight excluding hydrogens is 248 g/mol. The van der Waals surface area contributed by atoms with E-state index in [9.17, 15) is 0 Å². The molecule has 0 aliphatic heterocycles. The van der Waals surface area contributed by atoms with Crippen LogP contribution in [0.2, 0.25) is 0 Å². The first-order valence-electron chi connectivity index (χ1n) is 6.57. The summed E-state index contributed by atoms with van der Waals surface area (Å²) in [6.45, 7) is 4.08. The highest BCUT2D eigenvalue weighted by Crippen LogP contribution is 2.23. The van der Waals surface area contributed by atoms with Crippen molar-refractivity contribution in [2.75, 3.05) is 7.11 Å². The van der Waals surface area contributed by atoms with E-state index < -0.39 is 0 Å². The largest absolute Gasteiger partial charge is 0.497 e. The molecule has 0 bridgehead atoms. The van der Waals surface area contributed by atoms with E-state index in [0.29, 0.717) is 0 Å². The molecule has 0 radical (unpaired) electrons. The summed E-state index contributed by atoms with van der Waals surface area (Å²) in [6, 6.07) is 14.0. The molecule has 0 amide bonds. The third-order valence-electron chi connectivity index (χ3n) is 3.51. The molecule has 2 aromatic heterocycles. The lowest BCUT2D eigenvalue weighted by molar-refractivity contribution is 0.415. The molecule has 2 heterocycles. The predicted octanol–water partition coefficient (Wildman–Crippen LogP) is 3.92. The molecule has 100 valence electrons. The Bertz CT molecular complexity index is 781.